The van der Waals surface area contributed by atoms with E-state index in [0.717, 1.165) is 12.1 Å². The van der Waals surface area contributed by atoms with Gasteiger partial charge in [-0.25, -0.2) is 8.78 Å². The number of hydrogen-bond donors (Lipinski definition) is 2. The van der Waals surface area contributed by atoms with Crippen LogP contribution in [0.2, 0.25) is 0 Å². The van der Waals surface area contributed by atoms with Gasteiger partial charge in [-0.15, -0.1) is 0 Å². The predicted molar refractivity (Wildman–Crippen MR) is 71.5 cm³/mol. The molecule has 0 aliphatic carbocycles. The molecule has 2 N–H and O–H groups in total. The molecule has 114 valence electrons. The average molecular weight is 298 g/mol. The van der Waals surface area contributed by atoms with E-state index in [1.807, 2.05) is 0 Å². The summed E-state index contributed by atoms with van der Waals surface area (Å²) in [6.45, 7) is 0.190. The van der Waals surface area contributed by atoms with Crippen LogP contribution in [0.25, 0.3) is 0 Å². The first kappa shape index (κ1) is 15.4. The van der Waals surface area contributed by atoms with Crippen molar-refractivity contribution in [1.29, 1.82) is 0 Å². The number of nitrogens with one attached hydrogen (secondary N) is 2. The van der Waals surface area contributed by atoms with Crippen molar-refractivity contribution in [2.45, 2.75) is 18.9 Å². The van der Waals surface area contributed by atoms with Crippen molar-refractivity contribution in [2.75, 3.05) is 19.0 Å². The number of amides is 2. The van der Waals surface area contributed by atoms with E-state index >= 15 is 0 Å². The van der Waals surface area contributed by atoms with Crippen LogP contribution in [-0.4, -0.2) is 31.6 Å². The van der Waals surface area contributed by atoms with Gasteiger partial charge in [0.25, 0.3) is 0 Å². The third-order valence-corrected chi connectivity index (χ3v) is 3.39. The highest BCUT2D eigenvalue weighted by molar-refractivity contribution is 5.94. The Hall–Kier alpha value is -2.02. The van der Waals surface area contributed by atoms with Gasteiger partial charge in [0.15, 0.2) is 0 Å². The maximum atomic E-state index is 13.5. The Balaban J connectivity index is 2.08. The molecule has 0 unspecified atom stereocenters. The van der Waals surface area contributed by atoms with Crippen LogP contribution in [0.3, 0.4) is 0 Å². The van der Waals surface area contributed by atoms with Crippen LogP contribution >= 0.6 is 0 Å². The molecule has 1 aliphatic heterocycles. The molecule has 1 aliphatic rings. The zero-order valence-electron chi connectivity index (χ0n) is 11.5. The summed E-state index contributed by atoms with van der Waals surface area (Å²) < 4.78 is 31.3. The number of carbonyl (C=O) groups is 2. The zero-order chi connectivity index (χ0) is 15.4. The van der Waals surface area contributed by atoms with Crippen LogP contribution in [0.5, 0.6) is 0 Å². The van der Waals surface area contributed by atoms with Gasteiger partial charge in [-0.05, 0) is 18.6 Å². The first-order valence-electron chi connectivity index (χ1n) is 6.55. The van der Waals surface area contributed by atoms with Crippen LogP contribution < -0.4 is 10.6 Å². The van der Waals surface area contributed by atoms with Crippen molar-refractivity contribution in [2.24, 2.45) is 5.92 Å². The smallest absolute Gasteiger partial charge is 0.229 e. The Morgan fingerprint density at radius 1 is 1.48 bits per heavy atom. The van der Waals surface area contributed by atoms with E-state index in [9.17, 15) is 18.4 Å². The predicted octanol–water partition coefficient (Wildman–Crippen LogP) is 1.44. The monoisotopic (exact) mass is 298 g/mol. The minimum Gasteiger partial charge on any atom is -0.383 e. The number of carbonyl (C=O) groups excluding carboxylic acids is 2. The molecule has 1 heterocycles. The molecule has 1 fully saturated rings. The van der Waals surface area contributed by atoms with Gasteiger partial charge in [0, 0.05) is 19.6 Å². The van der Waals surface area contributed by atoms with Gasteiger partial charge in [-0.2, -0.15) is 0 Å². The van der Waals surface area contributed by atoms with Gasteiger partial charge < -0.3 is 15.4 Å². The summed E-state index contributed by atoms with van der Waals surface area (Å²) in [7, 11) is 1.47. The van der Waals surface area contributed by atoms with Gasteiger partial charge in [0.1, 0.15) is 11.6 Å². The van der Waals surface area contributed by atoms with E-state index < -0.39 is 29.5 Å². The normalized spacial score (nSPS) is 21.8. The van der Waals surface area contributed by atoms with E-state index in [0.29, 0.717) is 12.5 Å². The van der Waals surface area contributed by atoms with Crippen molar-refractivity contribution in [1.82, 2.24) is 5.32 Å². The number of hydrogen-bond acceptors (Lipinski definition) is 3. The summed E-state index contributed by atoms with van der Waals surface area (Å²) in [5.41, 5.74) is -0.0885. The van der Waals surface area contributed by atoms with Crippen LogP contribution in [0.1, 0.15) is 12.8 Å². The van der Waals surface area contributed by atoms with E-state index in [1.54, 1.807) is 0 Å². The highest BCUT2D eigenvalue weighted by Crippen LogP contribution is 2.21. The second kappa shape index (κ2) is 6.62. The molecule has 0 spiro atoms. The van der Waals surface area contributed by atoms with Crippen molar-refractivity contribution in [3.8, 4) is 0 Å². The van der Waals surface area contributed by atoms with Crippen LogP contribution in [-0.2, 0) is 14.3 Å². The molecule has 2 rings (SSSR count). The fourth-order valence-electron chi connectivity index (χ4n) is 2.33. The molecule has 0 aromatic heterocycles. The molecule has 0 radical (unpaired) electrons. The molecule has 1 aromatic rings. The fraction of sp³-hybridized carbons (Fsp3) is 0.429. The van der Waals surface area contributed by atoms with Gasteiger partial charge in [-0.3, -0.25) is 9.59 Å². The second-order valence-electron chi connectivity index (χ2n) is 4.89. The lowest BCUT2D eigenvalue weighted by Gasteiger charge is -2.30. The molecular weight excluding hydrogens is 282 g/mol. The molecule has 0 bridgehead atoms. The molecule has 1 saturated heterocycles. The quantitative estimate of drug-likeness (QED) is 0.884. The molecule has 0 saturated carbocycles. The third-order valence-electron chi connectivity index (χ3n) is 3.39. The topological polar surface area (TPSA) is 67.4 Å². The number of anilines is 1. The minimum absolute atomic E-state index is 0.0885. The molecule has 1 aromatic carbocycles. The summed E-state index contributed by atoms with van der Waals surface area (Å²) in [6, 6.07) is 2.47. The zero-order valence-corrected chi connectivity index (χ0v) is 11.5. The minimum atomic E-state index is -0.841. The van der Waals surface area contributed by atoms with Gasteiger partial charge in [0.2, 0.25) is 11.8 Å². The summed E-state index contributed by atoms with van der Waals surface area (Å²) in [5.74, 6) is -2.65. The first-order valence-corrected chi connectivity index (χ1v) is 6.55. The Morgan fingerprint density at radius 3 is 2.90 bits per heavy atom. The Bertz CT molecular complexity index is 551. The number of methoxy groups -OCH3 is 1. The highest BCUT2D eigenvalue weighted by atomic mass is 19.1. The van der Waals surface area contributed by atoms with Crippen molar-refractivity contribution in [3.05, 3.63) is 29.8 Å². The van der Waals surface area contributed by atoms with Gasteiger partial charge in [-0.1, -0.05) is 0 Å². The van der Waals surface area contributed by atoms with Crippen LogP contribution in [0.4, 0.5) is 14.5 Å². The fourth-order valence-corrected chi connectivity index (χ4v) is 2.33. The third kappa shape index (κ3) is 3.75. The lowest BCUT2D eigenvalue weighted by atomic mass is 9.90. The van der Waals surface area contributed by atoms with Crippen molar-refractivity contribution >= 4 is 17.5 Å². The Morgan fingerprint density at radius 2 is 2.24 bits per heavy atom. The summed E-state index contributed by atoms with van der Waals surface area (Å²) in [5, 5.41) is 5.10. The van der Waals surface area contributed by atoms with Crippen LogP contribution in [0, 0.1) is 17.6 Å². The summed E-state index contributed by atoms with van der Waals surface area (Å²) >= 11 is 0. The second-order valence-corrected chi connectivity index (χ2v) is 4.89. The molecule has 7 heteroatoms. The highest BCUT2D eigenvalue weighted by Gasteiger charge is 2.34. The van der Waals surface area contributed by atoms with Crippen molar-refractivity contribution in [3.63, 3.8) is 0 Å². The molecule has 2 atom stereocenters. The maximum Gasteiger partial charge on any atom is 0.229 e. The van der Waals surface area contributed by atoms with Crippen molar-refractivity contribution < 1.29 is 23.1 Å². The molecular formula is C14H16F2N2O3. The number of ether oxygens (including phenoxy) is 1. The van der Waals surface area contributed by atoms with E-state index in [-0.39, 0.29) is 24.6 Å². The lowest BCUT2D eigenvalue weighted by Crippen LogP contribution is -2.51. The average Bonchev–Trinajstić information content (AvgIpc) is 2.42. The van der Waals surface area contributed by atoms with Gasteiger partial charge >= 0.3 is 0 Å². The lowest BCUT2D eigenvalue weighted by molar-refractivity contribution is -0.129. The standard InChI is InChI=1S/C14H16F2N2O3/c1-21-7-12-9(3-5-13(19)17-12)14(20)18-11-4-2-8(15)6-10(11)16/h2,4,6,9,12H,3,5,7H2,1H3,(H,17,19)(H,18,20)/t9-,12-/m1/s1. The number of halogens is 2. The van der Waals surface area contributed by atoms with E-state index in [1.165, 1.54) is 7.11 Å². The maximum absolute atomic E-state index is 13.5. The molecule has 21 heavy (non-hydrogen) atoms. The SMILES string of the molecule is COC[C@H]1NC(=O)CC[C@H]1C(=O)Nc1ccc(F)cc1F. The Labute approximate surface area is 120 Å². The van der Waals surface area contributed by atoms with Crippen LogP contribution in [0.15, 0.2) is 18.2 Å². The number of benzene rings is 1. The molecule has 5 nitrogen and oxygen atoms in total. The largest absolute Gasteiger partial charge is 0.383 e. The number of piperidine rings is 1. The Kier molecular flexibility index (Phi) is 4.85. The van der Waals surface area contributed by atoms with E-state index in [4.69, 9.17) is 4.74 Å². The summed E-state index contributed by atoms with van der Waals surface area (Å²) in [4.78, 5) is 23.6. The first-order chi connectivity index (χ1) is 10.0. The molecule has 2 amide bonds. The van der Waals surface area contributed by atoms with Gasteiger partial charge in [0.05, 0.1) is 24.3 Å². The summed E-state index contributed by atoms with van der Waals surface area (Å²) in [6.07, 6.45) is 0.582. The van der Waals surface area contributed by atoms with E-state index in [2.05, 4.69) is 10.6 Å². The number of rotatable bonds is 4.